The van der Waals surface area contributed by atoms with Gasteiger partial charge in [0.05, 0.1) is 5.92 Å². The molecule has 1 atom stereocenters. The topological polar surface area (TPSA) is 81.1 Å². The third kappa shape index (κ3) is 6.91. The van der Waals surface area contributed by atoms with Gasteiger partial charge >= 0.3 is 0 Å². The fraction of sp³-hybridized carbons (Fsp3) is 0.235. The molecule has 0 aliphatic heterocycles. The van der Waals surface area contributed by atoms with Gasteiger partial charge in [-0.1, -0.05) is 42.5 Å². The van der Waals surface area contributed by atoms with E-state index in [9.17, 15) is 4.79 Å². The first kappa shape index (κ1) is 21.2. The van der Waals surface area contributed by atoms with E-state index < -0.39 is 0 Å². The van der Waals surface area contributed by atoms with Crippen LogP contribution in [0, 0.1) is 5.92 Å². The maximum absolute atomic E-state index is 11.2. The summed E-state index contributed by atoms with van der Waals surface area (Å²) >= 11 is 0. The first-order chi connectivity index (χ1) is 10.2. The molecular weight excluding hydrogens is 333 g/mol. The highest BCUT2D eigenvalue weighted by Crippen LogP contribution is 2.14. The molecular formula is C17H23Cl2N3O. The number of nitrogens with two attached hydrogens (primary N) is 2. The number of amides is 1. The molecule has 2 rings (SSSR count). The van der Waals surface area contributed by atoms with Crippen molar-refractivity contribution >= 4 is 36.4 Å². The summed E-state index contributed by atoms with van der Waals surface area (Å²) in [6.45, 7) is 1.07. The molecule has 0 radical (unpaired) electrons. The number of hydrogen-bond donors (Lipinski definition) is 3. The van der Waals surface area contributed by atoms with Crippen LogP contribution >= 0.6 is 24.8 Å². The number of carbonyl (C=O) groups excluding carboxylic acids is 1. The average Bonchev–Trinajstić information content (AvgIpc) is 2.52. The van der Waals surface area contributed by atoms with Crippen LogP contribution < -0.4 is 16.8 Å². The van der Waals surface area contributed by atoms with E-state index in [4.69, 9.17) is 11.5 Å². The second kappa shape index (κ2) is 10.9. The summed E-state index contributed by atoms with van der Waals surface area (Å²) in [7, 11) is 0. The van der Waals surface area contributed by atoms with E-state index in [0.717, 1.165) is 17.8 Å². The van der Waals surface area contributed by atoms with Crippen LogP contribution in [0.4, 0.5) is 5.69 Å². The van der Waals surface area contributed by atoms with Gasteiger partial charge in [-0.2, -0.15) is 0 Å². The van der Waals surface area contributed by atoms with Gasteiger partial charge in [0.25, 0.3) is 0 Å². The smallest absolute Gasteiger partial charge is 0.222 e. The average molecular weight is 356 g/mol. The maximum atomic E-state index is 11.2. The molecule has 0 aliphatic carbocycles. The van der Waals surface area contributed by atoms with Crippen LogP contribution in [0.3, 0.4) is 0 Å². The third-order valence-electron chi connectivity index (χ3n) is 3.46. The second-order valence-corrected chi connectivity index (χ2v) is 5.08. The summed E-state index contributed by atoms with van der Waals surface area (Å²) in [5, 5.41) is 3.36. The van der Waals surface area contributed by atoms with Gasteiger partial charge in [0.15, 0.2) is 0 Å². The number of primary amides is 1. The zero-order valence-corrected chi connectivity index (χ0v) is 14.4. The first-order valence-electron chi connectivity index (χ1n) is 7.05. The zero-order chi connectivity index (χ0) is 15.1. The lowest BCUT2D eigenvalue weighted by molar-refractivity contribution is -0.121. The molecule has 5 N–H and O–H groups in total. The molecule has 0 saturated heterocycles. The molecule has 0 saturated carbocycles. The Morgan fingerprint density at radius 2 is 1.57 bits per heavy atom. The SMILES string of the molecule is Cl.Cl.NCC(Cc1ccc(NCc2ccccc2)cc1)C(N)=O. The van der Waals surface area contributed by atoms with Crippen molar-refractivity contribution in [2.24, 2.45) is 17.4 Å². The monoisotopic (exact) mass is 355 g/mol. The van der Waals surface area contributed by atoms with Gasteiger partial charge in [0, 0.05) is 18.8 Å². The number of rotatable bonds is 7. The van der Waals surface area contributed by atoms with Crippen molar-refractivity contribution in [3.63, 3.8) is 0 Å². The molecule has 23 heavy (non-hydrogen) atoms. The van der Waals surface area contributed by atoms with Crippen LogP contribution in [-0.2, 0) is 17.8 Å². The van der Waals surface area contributed by atoms with Gasteiger partial charge < -0.3 is 16.8 Å². The minimum absolute atomic E-state index is 0. The van der Waals surface area contributed by atoms with Gasteiger partial charge in [-0.05, 0) is 29.7 Å². The van der Waals surface area contributed by atoms with E-state index in [1.165, 1.54) is 5.56 Å². The van der Waals surface area contributed by atoms with Gasteiger partial charge in [0.2, 0.25) is 5.91 Å². The summed E-state index contributed by atoms with van der Waals surface area (Å²) < 4.78 is 0. The van der Waals surface area contributed by atoms with Gasteiger partial charge in [-0.3, -0.25) is 4.79 Å². The lowest BCUT2D eigenvalue weighted by atomic mass is 9.99. The van der Waals surface area contributed by atoms with Gasteiger partial charge in [-0.15, -0.1) is 24.8 Å². The molecule has 126 valence electrons. The van der Waals surface area contributed by atoms with E-state index in [0.29, 0.717) is 6.42 Å². The van der Waals surface area contributed by atoms with Crippen molar-refractivity contribution in [2.45, 2.75) is 13.0 Å². The van der Waals surface area contributed by atoms with Gasteiger partial charge in [-0.25, -0.2) is 0 Å². The highest BCUT2D eigenvalue weighted by molar-refractivity contribution is 5.85. The van der Waals surface area contributed by atoms with E-state index >= 15 is 0 Å². The summed E-state index contributed by atoms with van der Waals surface area (Å²) in [4.78, 5) is 11.2. The Kier molecular flexibility index (Phi) is 10.1. The predicted molar refractivity (Wildman–Crippen MR) is 100 cm³/mol. The Balaban J connectivity index is 0.00000242. The molecule has 2 aromatic carbocycles. The van der Waals surface area contributed by atoms with Crippen LogP contribution in [0.15, 0.2) is 54.6 Å². The summed E-state index contributed by atoms with van der Waals surface area (Å²) in [6.07, 6.45) is 0.588. The number of benzene rings is 2. The molecule has 0 aromatic heterocycles. The van der Waals surface area contributed by atoms with Crippen molar-refractivity contribution in [1.82, 2.24) is 0 Å². The normalized spacial score (nSPS) is 10.8. The Hall–Kier alpha value is -1.75. The molecule has 0 aliphatic rings. The zero-order valence-electron chi connectivity index (χ0n) is 12.8. The molecule has 1 amide bonds. The van der Waals surface area contributed by atoms with Crippen LogP contribution in [-0.4, -0.2) is 12.5 Å². The highest BCUT2D eigenvalue weighted by atomic mass is 35.5. The first-order valence-corrected chi connectivity index (χ1v) is 7.05. The molecule has 0 heterocycles. The number of hydrogen-bond acceptors (Lipinski definition) is 3. The maximum Gasteiger partial charge on any atom is 0.222 e. The Bertz CT molecular complexity index is 576. The standard InChI is InChI=1S/C17H21N3O.2ClH/c18-11-15(17(19)21)10-13-6-8-16(9-7-13)20-12-14-4-2-1-3-5-14;;/h1-9,15,20H,10-12,18H2,(H2,19,21);2*1H. The van der Waals surface area contributed by atoms with E-state index in [-0.39, 0.29) is 43.2 Å². The van der Waals surface area contributed by atoms with Gasteiger partial charge in [0.1, 0.15) is 0 Å². The van der Waals surface area contributed by atoms with E-state index in [1.54, 1.807) is 0 Å². The Labute approximate surface area is 149 Å². The molecule has 4 nitrogen and oxygen atoms in total. The van der Waals surface area contributed by atoms with Crippen LogP contribution in [0.5, 0.6) is 0 Å². The van der Waals surface area contributed by atoms with Crippen molar-refractivity contribution < 1.29 is 4.79 Å². The van der Waals surface area contributed by atoms with E-state index in [2.05, 4.69) is 17.4 Å². The quantitative estimate of drug-likeness (QED) is 0.714. The lowest BCUT2D eigenvalue weighted by Crippen LogP contribution is -2.31. The van der Waals surface area contributed by atoms with Crippen LogP contribution in [0.2, 0.25) is 0 Å². The van der Waals surface area contributed by atoms with E-state index in [1.807, 2.05) is 42.5 Å². The highest BCUT2D eigenvalue weighted by Gasteiger charge is 2.13. The fourth-order valence-electron chi connectivity index (χ4n) is 2.14. The number of anilines is 1. The lowest BCUT2D eigenvalue weighted by Gasteiger charge is -2.11. The van der Waals surface area contributed by atoms with Crippen molar-refractivity contribution in [3.8, 4) is 0 Å². The number of carbonyl (C=O) groups is 1. The number of nitrogens with one attached hydrogen (secondary N) is 1. The molecule has 0 fully saturated rings. The largest absolute Gasteiger partial charge is 0.381 e. The fourth-order valence-corrected chi connectivity index (χ4v) is 2.14. The van der Waals surface area contributed by atoms with Crippen LogP contribution in [0.25, 0.3) is 0 Å². The second-order valence-electron chi connectivity index (χ2n) is 5.08. The van der Waals surface area contributed by atoms with Crippen molar-refractivity contribution in [3.05, 3.63) is 65.7 Å². The Morgan fingerprint density at radius 1 is 0.957 bits per heavy atom. The molecule has 2 aromatic rings. The Morgan fingerprint density at radius 3 is 2.09 bits per heavy atom. The minimum Gasteiger partial charge on any atom is -0.381 e. The molecule has 0 spiro atoms. The summed E-state index contributed by atoms with van der Waals surface area (Å²) in [6, 6.07) is 18.2. The summed E-state index contributed by atoms with van der Waals surface area (Å²) in [5.74, 6) is -0.642. The van der Waals surface area contributed by atoms with Crippen molar-refractivity contribution in [1.29, 1.82) is 0 Å². The molecule has 0 bridgehead atoms. The predicted octanol–water partition coefficient (Wildman–Crippen LogP) is 2.75. The third-order valence-corrected chi connectivity index (χ3v) is 3.46. The summed E-state index contributed by atoms with van der Waals surface area (Å²) in [5.41, 5.74) is 14.2. The molecule has 6 heteroatoms. The number of halogens is 2. The minimum atomic E-state index is -0.344. The molecule has 1 unspecified atom stereocenters. The van der Waals surface area contributed by atoms with Crippen LogP contribution in [0.1, 0.15) is 11.1 Å². The van der Waals surface area contributed by atoms with Crippen molar-refractivity contribution in [2.75, 3.05) is 11.9 Å².